The van der Waals surface area contributed by atoms with Crippen LogP contribution in [-0.2, 0) is 50.0 Å². The standard InChI is InChI=1S/C31H27FN8O7S/c32-29-22-4-2-19(11-17(22)1-6-24(29)40-15-28(43)36-48(40)46)33-27(42)9-10-38-14-20(35-37-38)16-47-21-3-5-23-18(12-21)13-39(31(23)45)25-7-8-26(41)34-30(25)44/h1-6,11-12,14,25H,7-10,13,15-16H2,(H,33,42)(H,36,43)(H,34,41,44). The number of anilines is 2. The summed E-state index contributed by atoms with van der Waals surface area (Å²) in [4.78, 5) is 62.3. The summed E-state index contributed by atoms with van der Waals surface area (Å²) in [6.07, 6.45) is 2.20. The van der Waals surface area contributed by atoms with Crippen LogP contribution in [0.5, 0.6) is 5.75 Å². The molecule has 0 spiro atoms. The molecular formula is C31H27FN8O7S. The number of imide groups is 1. The predicted octanol–water partition coefficient (Wildman–Crippen LogP) is 1.45. The third-order valence-corrected chi connectivity index (χ3v) is 9.34. The third-order valence-electron chi connectivity index (χ3n) is 8.21. The molecule has 1 aromatic heterocycles. The predicted molar refractivity (Wildman–Crippen MR) is 168 cm³/mol. The molecule has 0 radical (unpaired) electrons. The first-order valence-electron chi connectivity index (χ1n) is 14.9. The van der Waals surface area contributed by atoms with Crippen molar-refractivity contribution in [2.75, 3.05) is 16.2 Å². The van der Waals surface area contributed by atoms with E-state index in [2.05, 4.69) is 25.7 Å². The SMILES string of the molecule is O=C1CCC(N2Cc3cc(OCc4cn(CCC(=O)Nc5ccc6c(F)c(N7CC(=O)NS7=O)ccc6c5)nn4)ccc3C2=O)C(=O)N1. The Morgan fingerprint density at radius 2 is 1.92 bits per heavy atom. The monoisotopic (exact) mass is 674 g/mol. The molecule has 246 valence electrons. The first kappa shape index (κ1) is 30.9. The summed E-state index contributed by atoms with van der Waals surface area (Å²) in [5, 5.41) is 14.0. The van der Waals surface area contributed by atoms with E-state index in [-0.39, 0.29) is 74.3 Å². The molecule has 48 heavy (non-hydrogen) atoms. The summed E-state index contributed by atoms with van der Waals surface area (Å²) in [6.45, 7) is 0.346. The van der Waals surface area contributed by atoms with Crippen LogP contribution in [0, 0.1) is 5.82 Å². The maximum Gasteiger partial charge on any atom is 0.255 e. The maximum atomic E-state index is 15.2. The van der Waals surface area contributed by atoms with Crippen molar-refractivity contribution < 1.29 is 37.3 Å². The van der Waals surface area contributed by atoms with E-state index in [1.807, 2.05) is 0 Å². The minimum Gasteiger partial charge on any atom is -0.487 e. The quantitative estimate of drug-likeness (QED) is 0.221. The van der Waals surface area contributed by atoms with Gasteiger partial charge in [-0.1, -0.05) is 11.3 Å². The van der Waals surface area contributed by atoms with Gasteiger partial charge in [0.25, 0.3) is 11.8 Å². The molecule has 15 nitrogen and oxygen atoms in total. The molecule has 7 rings (SSSR count). The van der Waals surface area contributed by atoms with Crippen LogP contribution >= 0.6 is 0 Å². The third kappa shape index (κ3) is 6.06. The number of aromatic nitrogens is 3. The zero-order valence-corrected chi connectivity index (χ0v) is 25.9. The van der Waals surface area contributed by atoms with E-state index in [1.165, 1.54) is 21.7 Å². The van der Waals surface area contributed by atoms with Gasteiger partial charge in [0.05, 0.1) is 18.4 Å². The van der Waals surface area contributed by atoms with Gasteiger partial charge in [-0.2, -0.15) is 0 Å². The molecular weight excluding hydrogens is 647 g/mol. The van der Waals surface area contributed by atoms with Gasteiger partial charge < -0.3 is 15.0 Å². The number of nitrogens with zero attached hydrogens (tertiary/aromatic N) is 5. The minimum absolute atomic E-state index is 0.0377. The number of fused-ring (bicyclic) bond motifs is 2. The lowest BCUT2D eigenvalue weighted by atomic mass is 10.0. The molecule has 2 atom stereocenters. The highest BCUT2D eigenvalue weighted by Crippen LogP contribution is 2.32. The molecule has 0 bridgehead atoms. The molecule has 0 aliphatic carbocycles. The lowest BCUT2D eigenvalue weighted by Crippen LogP contribution is -2.52. The number of carbonyl (C=O) groups is 5. The zero-order valence-electron chi connectivity index (χ0n) is 25.1. The summed E-state index contributed by atoms with van der Waals surface area (Å²) < 4.78 is 38.0. The zero-order chi connectivity index (χ0) is 33.5. The minimum atomic E-state index is -1.85. The number of amides is 5. The van der Waals surface area contributed by atoms with Crippen LogP contribution in [-0.4, -0.2) is 66.2 Å². The summed E-state index contributed by atoms with van der Waals surface area (Å²) in [6, 6.07) is 12.1. The maximum absolute atomic E-state index is 15.2. The molecule has 17 heteroatoms. The average molecular weight is 675 g/mol. The van der Waals surface area contributed by atoms with Crippen LogP contribution in [0.25, 0.3) is 10.8 Å². The smallest absolute Gasteiger partial charge is 0.255 e. The van der Waals surface area contributed by atoms with E-state index in [9.17, 15) is 28.2 Å². The fourth-order valence-electron chi connectivity index (χ4n) is 5.85. The number of piperidine rings is 1. The van der Waals surface area contributed by atoms with E-state index in [4.69, 9.17) is 4.74 Å². The number of carbonyl (C=O) groups excluding carboxylic acids is 5. The lowest BCUT2D eigenvalue weighted by molar-refractivity contribution is -0.137. The Balaban J connectivity index is 0.909. The molecule has 0 saturated carbocycles. The van der Waals surface area contributed by atoms with Crippen LogP contribution in [0.1, 0.15) is 40.9 Å². The van der Waals surface area contributed by atoms with E-state index in [1.54, 1.807) is 42.6 Å². The number of hydrogen-bond donors (Lipinski definition) is 3. The van der Waals surface area contributed by atoms with Crippen LogP contribution in [0.2, 0.25) is 0 Å². The second kappa shape index (κ2) is 12.5. The van der Waals surface area contributed by atoms with Gasteiger partial charge in [-0.3, -0.25) is 43.0 Å². The number of rotatable bonds is 9. The summed E-state index contributed by atoms with van der Waals surface area (Å²) >= 11 is -1.85. The van der Waals surface area contributed by atoms with Gasteiger partial charge in [0, 0.05) is 36.0 Å². The number of benzene rings is 3. The van der Waals surface area contributed by atoms with E-state index < -0.39 is 34.8 Å². The van der Waals surface area contributed by atoms with Crippen molar-refractivity contribution in [1.29, 1.82) is 0 Å². The van der Waals surface area contributed by atoms with Crippen molar-refractivity contribution in [3.63, 3.8) is 0 Å². The number of ether oxygens (including phenoxy) is 1. The van der Waals surface area contributed by atoms with Crippen molar-refractivity contribution in [3.8, 4) is 5.75 Å². The van der Waals surface area contributed by atoms with Gasteiger partial charge in [0.15, 0.2) is 5.82 Å². The van der Waals surface area contributed by atoms with Gasteiger partial charge in [0.1, 0.15) is 30.6 Å². The fraction of sp³-hybridized carbons (Fsp3) is 0.258. The highest BCUT2D eigenvalue weighted by Gasteiger charge is 2.39. The molecule has 4 aromatic rings. The van der Waals surface area contributed by atoms with Gasteiger partial charge in [0.2, 0.25) is 28.9 Å². The first-order valence-corrected chi connectivity index (χ1v) is 16.0. The van der Waals surface area contributed by atoms with Crippen molar-refractivity contribution in [3.05, 3.63) is 77.4 Å². The number of hydrogen-bond acceptors (Lipinski definition) is 9. The van der Waals surface area contributed by atoms with Gasteiger partial charge in [-0.15, -0.1) is 5.10 Å². The number of nitrogens with one attached hydrogen (secondary N) is 3. The first-order chi connectivity index (χ1) is 23.1. The summed E-state index contributed by atoms with van der Waals surface area (Å²) in [5.41, 5.74) is 2.22. The van der Waals surface area contributed by atoms with Gasteiger partial charge in [-0.05, 0) is 59.8 Å². The van der Waals surface area contributed by atoms with Crippen LogP contribution in [0.4, 0.5) is 15.8 Å². The fourth-order valence-corrected chi connectivity index (χ4v) is 6.77. The Kier molecular flexibility index (Phi) is 8.04. The molecule has 3 aliphatic heterocycles. The Morgan fingerprint density at radius 1 is 1.06 bits per heavy atom. The molecule has 2 unspecified atom stereocenters. The number of aryl methyl sites for hydroxylation is 1. The molecule has 2 saturated heterocycles. The molecule has 3 aliphatic rings. The second-order valence-electron chi connectivity index (χ2n) is 11.4. The summed E-state index contributed by atoms with van der Waals surface area (Å²) in [5.74, 6) is -1.95. The van der Waals surface area contributed by atoms with Crippen LogP contribution in [0.3, 0.4) is 0 Å². The average Bonchev–Trinajstić information content (AvgIpc) is 3.75. The second-order valence-corrected chi connectivity index (χ2v) is 12.6. The number of halogens is 1. The summed E-state index contributed by atoms with van der Waals surface area (Å²) in [7, 11) is 0. The molecule has 4 heterocycles. The van der Waals surface area contributed by atoms with E-state index in [0.29, 0.717) is 33.6 Å². The lowest BCUT2D eigenvalue weighted by Gasteiger charge is -2.29. The Hall–Kier alpha value is -5.71. The molecule has 3 N–H and O–H groups in total. The van der Waals surface area contributed by atoms with Crippen molar-refractivity contribution in [1.82, 2.24) is 29.9 Å². The van der Waals surface area contributed by atoms with Crippen molar-refractivity contribution in [2.45, 2.75) is 45.0 Å². The molecule has 5 amide bonds. The van der Waals surface area contributed by atoms with E-state index in [0.717, 1.165) is 4.31 Å². The van der Waals surface area contributed by atoms with Crippen molar-refractivity contribution >= 4 is 62.9 Å². The normalized spacial score (nSPS) is 19.0. The van der Waals surface area contributed by atoms with Gasteiger partial charge in [-0.25, -0.2) is 8.60 Å². The Bertz CT molecular complexity index is 2050. The Labute approximate surface area is 274 Å². The topological polar surface area (TPSA) is 185 Å². The van der Waals surface area contributed by atoms with Crippen LogP contribution < -0.4 is 24.4 Å². The highest BCUT2D eigenvalue weighted by molar-refractivity contribution is 7.85. The largest absolute Gasteiger partial charge is 0.487 e. The van der Waals surface area contributed by atoms with Crippen LogP contribution in [0.15, 0.2) is 54.7 Å². The molecule has 3 aromatic carbocycles. The van der Waals surface area contributed by atoms with Crippen molar-refractivity contribution in [2.24, 2.45) is 0 Å². The molecule has 2 fully saturated rings. The van der Waals surface area contributed by atoms with E-state index >= 15 is 4.39 Å². The van der Waals surface area contributed by atoms with Gasteiger partial charge >= 0.3 is 0 Å². The highest BCUT2D eigenvalue weighted by atomic mass is 32.2. The Morgan fingerprint density at radius 3 is 2.71 bits per heavy atom.